The van der Waals surface area contributed by atoms with E-state index in [1.54, 1.807) is 0 Å². The molecular formula is C9H12FNO. The second-order valence-corrected chi connectivity index (χ2v) is 2.72. The summed E-state index contributed by atoms with van der Waals surface area (Å²) in [6.45, 7) is 1.88. The highest BCUT2D eigenvalue weighted by atomic mass is 19.1. The number of nitrogens with two attached hydrogens (primary N) is 1. The summed E-state index contributed by atoms with van der Waals surface area (Å²) in [6, 6.07) is 3.51. The largest absolute Gasteiger partial charge is 0.508 e. The first-order chi connectivity index (χ1) is 5.65. The number of hydrogen-bond acceptors (Lipinski definition) is 2. The zero-order valence-corrected chi connectivity index (χ0v) is 6.92. The van der Waals surface area contributed by atoms with Crippen molar-refractivity contribution < 1.29 is 9.50 Å². The van der Waals surface area contributed by atoms with Crippen LogP contribution in [0.25, 0.3) is 0 Å². The van der Waals surface area contributed by atoms with Gasteiger partial charge in [-0.25, -0.2) is 4.39 Å². The van der Waals surface area contributed by atoms with Gasteiger partial charge >= 0.3 is 0 Å². The SMILES string of the molecule is CC[C@@H](N)c1cc(F)ccc1O. The molecule has 3 N–H and O–H groups in total. The van der Waals surface area contributed by atoms with E-state index >= 15 is 0 Å². The summed E-state index contributed by atoms with van der Waals surface area (Å²) >= 11 is 0. The van der Waals surface area contributed by atoms with Gasteiger partial charge in [0.15, 0.2) is 0 Å². The van der Waals surface area contributed by atoms with Crippen molar-refractivity contribution in [3.63, 3.8) is 0 Å². The van der Waals surface area contributed by atoms with Gasteiger partial charge in [-0.1, -0.05) is 6.92 Å². The first-order valence-electron chi connectivity index (χ1n) is 3.89. The number of benzene rings is 1. The standard InChI is InChI=1S/C9H12FNO/c1-2-8(11)7-5-6(10)3-4-9(7)12/h3-5,8,12H,2,11H2,1H3/t8-/m1/s1. The second kappa shape index (κ2) is 3.54. The van der Waals surface area contributed by atoms with E-state index in [4.69, 9.17) is 5.73 Å². The van der Waals surface area contributed by atoms with E-state index in [1.807, 2.05) is 6.92 Å². The van der Waals surface area contributed by atoms with E-state index < -0.39 is 0 Å². The van der Waals surface area contributed by atoms with Crippen molar-refractivity contribution in [3.8, 4) is 5.75 Å². The molecule has 2 nitrogen and oxygen atoms in total. The molecule has 0 aliphatic heterocycles. The van der Waals surface area contributed by atoms with E-state index in [0.717, 1.165) is 0 Å². The van der Waals surface area contributed by atoms with Gasteiger partial charge in [-0.2, -0.15) is 0 Å². The fourth-order valence-corrected chi connectivity index (χ4v) is 1.04. The number of hydrogen-bond donors (Lipinski definition) is 2. The van der Waals surface area contributed by atoms with Crippen LogP contribution in [0.1, 0.15) is 24.9 Å². The molecule has 0 saturated heterocycles. The lowest BCUT2D eigenvalue weighted by molar-refractivity contribution is 0.457. The van der Waals surface area contributed by atoms with Crippen LogP contribution in [0.3, 0.4) is 0 Å². The maximum Gasteiger partial charge on any atom is 0.123 e. The van der Waals surface area contributed by atoms with Gasteiger partial charge in [0.2, 0.25) is 0 Å². The third kappa shape index (κ3) is 1.74. The van der Waals surface area contributed by atoms with Crippen molar-refractivity contribution >= 4 is 0 Å². The summed E-state index contributed by atoms with van der Waals surface area (Å²) in [7, 11) is 0. The van der Waals surface area contributed by atoms with Crippen LogP contribution >= 0.6 is 0 Å². The topological polar surface area (TPSA) is 46.2 Å². The highest BCUT2D eigenvalue weighted by Gasteiger charge is 2.09. The Bertz CT molecular complexity index is 275. The number of phenolic OH excluding ortho intramolecular Hbond substituents is 1. The molecule has 0 aliphatic carbocycles. The van der Waals surface area contributed by atoms with Gasteiger partial charge in [-0.05, 0) is 24.6 Å². The minimum Gasteiger partial charge on any atom is -0.508 e. The predicted octanol–water partition coefficient (Wildman–Crippen LogP) is 1.94. The van der Waals surface area contributed by atoms with Crippen molar-refractivity contribution in [2.75, 3.05) is 0 Å². The molecule has 1 aromatic carbocycles. The lowest BCUT2D eigenvalue weighted by Crippen LogP contribution is -2.08. The molecule has 1 rings (SSSR count). The molecule has 0 saturated carbocycles. The first-order valence-corrected chi connectivity index (χ1v) is 3.89. The summed E-state index contributed by atoms with van der Waals surface area (Å²) < 4.78 is 12.7. The summed E-state index contributed by atoms with van der Waals surface area (Å²) in [5.74, 6) is -0.308. The Morgan fingerprint density at radius 1 is 1.58 bits per heavy atom. The van der Waals surface area contributed by atoms with Crippen LogP contribution < -0.4 is 5.73 Å². The summed E-state index contributed by atoms with van der Waals surface area (Å²) in [6.07, 6.45) is 0.678. The predicted molar refractivity (Wildman–Crippen MR) is 45.3 cm³/mol. The Kier molecular flexibility index (Phi) is 2.65. The van der Waals surface area contributed by atoms with Gasteiger partial charge in [0, 0.05) is 11.6 Å². The van der Waals surface area contributed by atoms with Crippen LogP contribution in [0, 0.1) is 5.82 Å². The fraction of sp³-hybridized carbons (Fsp3) is 0.333. The van der Waals surface area contributed by atoms with Gasteiger partial charge in [-0.3, -0.25) is 0 Å². The van der Waals surface area contributed by atoms with Crippen LogP contribution in [0.15, 0.2) is 18.2 Å². The van der Waals surface area contributed by atoms with E-state index in [1.165, 1.54) is 18.2 Å². The lowest BCUT2D eigenvalue weighted by Gasteiger charge is -2.10. The Labute approximate surface area is 70.8 Å². The van der Waals surface area contributed by atoms with Crippen LogP contribution in [0.4, 0.5) is 4.39 Å². The Morgan fingerprint density at radius 2 is 2.25 bits per heavy atom. The molecule has 0 unspecified atom stereocenters. The average Bonchev–Trinajstić information content (AvgIpc) is 2.08. The maximum atomic E-state index is 12.7. The summed E-state index contributed by atoms with van der Waals surface area (Å²) in [5, 5.41) is 9.29. The molecule has 3 heteroatoms. The fourth-order valence-electron chi connectivity index (χ4n) is 1.04. The van der Waals surface area contributed by atoms with E-state index in [2.05, 4.69) is 0 Å². The minimum atomic E-state index is -0.369. The zero-order valence-electron chi connectivity index (χ0n) is 6.92. The van der Waals surface area contributed by atoms with Crippen molar-refractivity contribution in [2.45, 2.75) is 19.4 Å². The number of phenols is 1. The van der Waals surface area contributed by atoms with E-state index in [-0.39, 0.29) is 17.6 Å². The highest BCUT2D eigenvalue weighted by Crippen LogP contribution is 2.24. The number of aromatic hydroxyl groups is 1. The quantitative estimate of drug-likeness (QED) is 0.710. The van der Waals surface area contributed by atoms with Crippen LogP contribution in [0.5, 0.6) is 5.75 Å². The Morgan fingerprint density at radius 3 is 2.83 bits per heavy atom. The number of rotatable bonds is 2. The van der Waals surface area contributed by atoms with Crippen molar-refractivity contribution in [1.82, 2.24) is 0 Å². The molecule has 1 atom stereocenters. The molecule has 0 heterocycles. The Balaban J connectivity index is 3.04. The molecule has 66 valence electrons. The van der Waals surface area contributed by atoms with Crippen LogP contribution in [-0.4, -0.2) is 5.11 Å². The summed E-state index contributed by atoms with van der Waals surface area (Å²) in [4.78, 5) is 0. The molecule has 0 amide bonds. The average molecular weight is 169 g/mol. The third-order valence-electron chi connectivity index (χ3n) is 1.83. The van der Waals surface area contributed by atoms with Crippen LogP contribution in [0.2, 0.25) is 0 Å². The van der Waals surface area contributed by atoms with Gasteiger partial charge in [0.1, 0.15) is 11.6 Å². The molecule has 0 fully saturated rings. The molecule has 0 aliphatic rings. The summed E-state index contributed by atoms with van der Waals surface area (Å²) in [5.41, 5.74) is 6.11. The van der Waals surface area contributed by atoms with Crippen molar-refractivity contribution in [2.24, 2.45) is 5.73 Å². The van der Waals surface area contributed by atoms with Crippen molar-refractivity contribution in [1.29, 1.82) is 0 Å². The van der Waals surface area contributed by atoms with Gasteiger partial charge in [0.05, 0.1) is 0 Å². The Hall–Kier alpha value is -1.09. The third-order valence-corrected chi connectivity index (χ3v) is 1.83. The van der Waals surface area contributed by atoms with Gasteiger partial charge < -0.3 is 10.8 Å². The first kappa shape index (κ1) is 9.00. The van der Waals surface area contributed by atoms with Gasteiger partial charge in [0.25, 0.3) is 0 Å². The second-order valence-electron chi connectivity index (χ2n) is 2.72. The zero-order chi connectivity index (χ0) is 9.14. The molecule has 1 aromatic rings. The van der Waals surface area contributed by atoms with E-state index in [9.17, 15) is 9.50 Å². The minimum absolute atomic E-state index is 0.0609. The molecule has 0 radical (unpaired) electrons. The molecule has 0 bridgehead atoms. The smallest absolute Gasteiger partial charge is 0.123 e. The van der Waals surface area contributed by atoms with Gasteiger partial charge in [-0.15, -0.1) is 0 Å². The normalized spacial score (nSPS) is 12.9. The monoisotopic (exact) mass is 169 g/mol. The van der Waals surface area contributed by atoms with Crippen molar-refractivity contribution in [3.05, 3.63) is 29.6 Å². The molecule has 0 spiro atoms. The molecule has 12 heavy (non-hydrogen) atoms. The van der Waals surface area contributed by atoms with Crippen LogP contribution in [-0.2, 0) is 0 Å². The number of halogens is 1. The lowest BCUT2D eigenvalue weighted by atomic mass is 10.0. The van der Waals surface area contributed by atoms with E-state index in [0.29, 0.717) is 12.0 Å². The maximum absolute atomic E-state index is 12.7. The highest BCUT2D eigenvalue weighted by molar-refractivity contribution is 5.34. The molecular weight excluding hydrogens is 157 g/mol. The molecule has 0 aromatic heterocycles.